The lowest BCUT2D eigenvalue weighted by Crippen LogP contribution is -2.41. The number of carbonyl (C=O) groups excluding carboxylic acids is 1. The smallest absolute Gasteiger partial charge is 0.314 e. The van der Waals surface area contributed by atoms with Crippen LogP contribution in [0.1, 0.15) is 42.9 Å². The molecule has 1 aliphatic rings. The minimum absolute atomic E-state index is 0.0695. The largest absolute Gasteiger partial charge is 0.481 e. The number of hydrogen-bond donors (Lipinski definition) is 3. The summed E-state index contributed by atoms with van der Waals surface area (Å²) < 4.78 is 0. The van der Waals surface area contributed by atoms with Gasteiger partial charge in [-0.15, -0.1) is 0 Å². The van der Waals surface area contributed by atoms with Crippen molar-refractivity contribution in [2.24, 2.45) is 0 Å². The molecule has 1 heterocycles. The van der Waals surface area contributed by atoms with Crippen molar-refractivity contribution in [1.29, 1.82) is 0 Å². The van der Waals surface area contributed by atoms with Crippen LogP contribution in [0.3, 0.4) is 0 Å². The highest BCUT2D eigenvalue weighted by Gasteiger charge is 2.23. The third kappa shape index (κ3) is 5.85. The van der Waals surface area contributed by atoms with Gasteiger partial charge in [0.05, 0.1) is 6.04 Å². The van der Waals surface area contributed by atoms with E-state index in [0.29, 0.717) is 19.5 Å². The maximum absolute atomic E-state index is 11.9. The number of amides is 2. The zero-order valence-corrected chi connectivity index (χ0v) is 14.3. The number of nitrogens with one attached hydrogen (secondary N) is 2. The van der Waals surface area contributed by atoms with Gasteiger partial charge in [0.25, 0.3) is 0 Å². The molecule has 1 aromatic carbocycles. The van der Waals surface area contributed by atoms with Crippen LogP contribution in [0.5, 0.6) is 0 Å². The summed E-state index contributed by atoms with van der Waals surface area (Å²) in [5, 5.41) is 14.2. The van der Waals surface area contributed by atoms with Crippen molar-refractivity contribution in [1.82, 2.24) is 15.5 Å². The Morgan fingerprint density at radius 2 is 1.83 bits per heavy atom. The van der Waals surface area contributed by atoms with Crippen molar-refractivity contribution < 1.29 is 14.7 Å². The molecule has 1 atom stereocenters. The average Bonchev–Trinajstić information content (AvgIpc) is 3.07. The molecule has 3 N–H and O–H groups in total. The summed E-state index contributed by atoms with van der Waals surface area (Å²) >= 11 is 0. The van der Waals surface area contributed by atoms with Crippen LogP contribution in [0, 0.1) is 6.92 Å². The van der Waals surface area contributed by atoms with E-state index in [4.69, 9.17) is 5.11 Å². The second kappa shape index (κ2) is 9.27. The topological polar surface area (TPSA) is 81.7 Å². The van der Waals surface area contributed by atoms with Crippen LogP contribution < -0.4 is 10.6 Å². The SMILES string of the molecule is Cc1ccc(C(CNC(=O)NCCCC(=O)O)N2CCCC2)cc1. The van der Waals surface area contributed by atoms with Crippen molar-refractivity contribution in [3.05, 3.63) is 35.4 Å². The first kappa shape index (κ1) is 18.3. The van der Waals surface area contributed by atoms with E-state index < -0.39 is 5.97 Å². The van der Waals surface area contributed by atoms with E-state index in [-0.39, 0.29) is 18.5 Å². The highest BCUT2D eigenvalue weighted by Crippen LogP contribution is 2.24. The fraction of sp³-hybridized carbons (Fsp3) is 0.556. The Hall–Kier alpha value is -2.08. The summed E-state index contributed by atoms with van der Waals surface area (Å²) in [4.78, 5) is 24.8. The Bertz CT molecular complexity index is 539. The zero-order valence-electron chi connectivity index (χ0n) is 14.3. The molecule has 6 heteroatoms. The van der Waals surface area contributed by atoms with Crippen LogP contribution in [0.4, 0.5) is 4.79 Å². The molecule has 1 saturated heterocycles. The number of likely N-dealkylation sites (tertiary alicyclic amines) is 1. The summed E-state index contributed by atoms with van der Waals surface area (Å²) in [5.74, 6) is -0.842. The minimum atomic E-state index is -0.842. The van der Waals surface area contributed by atoms with Gasteiger partial charge in [-0.2, -0.15) is 0 Å². The summed E-state index contributed by atoms with van der Waals surface area (Å²) in [6.45, 7) is 5.10. The first-order chi connectivity index (χ1) is 11.6. The predicted octanol–water partition coefficient (Wildman–Crippen LogP) is 2.30. The number of rotatable bonds is 8. The summed E-state index contributed by atoms with van der Waals surface area (Å²) in [6.07, 6.45) is 2.91. The Labute approximate surface area is 143 Å². The standard InChI is InChI=1S/C18H27N3O3/c1-14-6-8-15(9-7-14)16(21-11-2-3-12-21)13-20-18(24)19-10-4-5-17(22)23/h6-9,16H,2-5,10-13H2,1H3,(H,22,23)(H2,19,20,24). The van der Waals surface area contributed by atoms with Crippen LogP contribution in [0.2, 0.25) is 0 Å². The van der Waals surface area contributed by atoms with E-state index in [2.05, 4.69) is 46.7 Å². The Morgan fingerprint density at radius 1 is 1.17 bits per heavy atom. The van der Waals surface area contributed by atoms with Gasteiger partial charge in [0.1, 0.15) is 0 Å². The third-order valence-electron chi connectivity index (χ3n) is 4.35. The molecule has 24 heavy (non-hydrogen) atoms. The predicted molar refractivity (Wildman–Crippen MR) is 93.0 cm³/mol. The molecule has 2 amide bonds. The first-order valence-corrected chi connectivity index (χ1v) is 8.60. The van der Waals surface area contributed by atoms with E-state index in [1.54, 1.807) is 0 Å². The minimum Gasteiger partial charge on any atom is -0.481 e. The third-order valence-corrected chi connectivity index (χ3v) is 4.35. The molecule has 2 rings (SSSR count). The first-order valence-electron chi connectivity index (χ1n) is 8.60. The molecule has 0 bridgehead atoms. The lowest BCUT2D eigenvalue weighted by atomic mass is 10.0. The van der Waals surface area contributed by atoms with Gasteiger partial charge >= 0.3 is 12.0 Å². The fourth-order valence-corrected chi connectivity index (χ4v) is 2.99. The van der Waals surface area contributed by atoms with Gasteiger partial charge in [0.15, 0.2) is 0 Å². The summed E-state index contributed by atoms with van der Waals surface area (Å²) in [6, 6.07) is 8.40. The van der Waals surface area contributed by atoms with Crippen LogP contribution in [0.15, 0.2) is 24.3 Å². The van der Waals surface area contributed by atoms with Crippen molar-refractivity contribution in [3.8, 4) is 0 Å². The molecule has 1 unspecified atom stereocenters. The van der Waals surface area contributed by atoms with Gasteiger partial charge in [-0.3, -0.25) is 9.69 Å². The number of benzene rings is 1. The molecule has 0 aromatic heterocycles. The second-order valence-electron chi connectivity index (χ2n) is 6.30. The van der Waals surface area contributed by atoms with Gasteiger partial charge in [0, 0.05) is 19.5 Å². The van der Waals surface area contributed by atoms with Gasteiger partial charge < -0.3 is 15.7 Å². The van der Waals surface area contributed by atoms with Gasteiger partial charge in [0.2, 0.25) is 0 Å². The van der Waals surface area contributed by atoms with Gasteiger partial charge in [-0.1, -0.05) is 29.8 Å². The molecule has 0 saturated carbocycles. The van der Waals surface area contributed by atoms with Crippen molar-refractivity contribution in [3.63, 3.8) is 0 Å². The Balaban J connectivity index is 1.85. The monoisotopic (exact) mass is 333 g/mol. The lowest BCUT2D eigenvalue weighted by molar-refractivity contribution is -0.137. The number of hydrogen-bond acceptors (Lipinski definition) is 3. The number of carbonyl (C=O) groups is 2. The number of aliphatic carboxylic acids is 1. The lowest BCUT2D eigenvalue weighted by Gasteiger charge is -2.28. The van der Waals surface area contributed by atoms with Crippen molar-refractivity contribution in [2.45, 2.75) is 38.6 Å². The molecule has 0 aliphatic carbocycles. The number of carboxylic acids is 1. The average molecular weight is 333 g/mol. The second-order valence-corrected chi connectivity index (χ2v) is 6.30. The number of urea groups is 1. The normalized spacial score (nSPS) is 15.9. The van der Waals surface area contributed by atoms with Crippen LogP contribution in [0.25, 0.3) is 0 Å². The molecule has 1 aromatic rings. The maximum atomic E-state index is 11.9. The van der Waals surface area contributed by atoms with Crippen molar-refractivity contribution in [2.75, 3.05) is 26.2 Å². The quantitative estimate of drug-likeness (QED) is 0.638. The number of aryl methyl sites for hydroxylation is 1. The highest BCUT2D eigenvalue weighted by molar-refractivity contribution is 5.74. The van der Waals surface area contributed by atoms with E-state index in [9.17, 15) is 9.59 Å². The van der Waals surface area contributed by atoms with Crippen LogP contribution in [-0.2, 0) is 4.79 Å². The summed E-state index contributed by atoms with van der Waals surface area (Å²) in [7, 11) is 0. The molecule has 132 valence electrons. The number of nitrogens with zero attached hydrogens (tertiary/aromatic N) is 1. The van der Waals surface area contributed by atoms with Gasteiger partial charge in [-0.05, 0) is 44.8 Å². The molecule has 1 fully saturated rings. The molecule has 1 aliphatic heterocycles. The molecular weight excluding hydrogens is 306 g/mol. The fourth-order valence-electron chi connectivity index (χ4n) is 2.99. The van der Waals surface area contributed by atoms with E-state index >= 15 is 0 Å². The van der Waals surface area contributed by atoms with E-state index in [1.165, 1.54) is 24.0 Å². The van der Waals surface area contributed by atoms with Crippen molar-refractivity contribution >= 4 is 12.0 Å². The molecular formula is C18H27N3O3. The molecule has 0 radical (unpaired) electrons. The Kier molecular flexibility index (Phi) is 7.06. The molecule has 6 nitrogen and oxygen atoms in total. The maximum Gasteiger partial charge on any atom is 0.314 e. The Morgan fingerprint density at radius 3 is 2.46 bits per heavy atom. The highest BCUT2D eigenvalue weighted by atomic mass is 16.4. The van der Waals surface area contributed by atoms with E-state index in [1.807, 2.05) is 0 Å². The van der Waals surface area contributed by atoms with Crippen LogP contribution >= 0.6 is 0 Å². The summed E-state index contributed by atoms with van der Waals surface area (Å²) in [5.41, 5.74) is 2.44. The number of carboxylic acid groups (broad SMARTS) is 1. The van der Waals surface area contributed by atoms with E-state index in [0.717, 1.165) is 13.1 Å². The van der Waals surface area contributed by atoms with Crippen LogP contribution in [-0.4, -0.2) is 48.2 Å². The van der Waals surface area contributed by atoms with Gasteiger partial charge in [-0.25, -0.2) is 4.79 Å². The zero-order chi connectivity index (χ0) is 17.4. The molecule has 0 spiro atoms.